The molecule has 3 aromatic rings. The van der Waals surface area contributed by atoms with Crippen molar-refractivity contribution in [2.45, 2.75) is 19.9 Å². The topological polar surface area (TPSA) is 113 Å². The zero-order valence-electron chi connectivity index (χ0n) is 18.7. The molecule has 9 nitrogen and oxygen atoms in total. The molecule has 0 fully saturated rings. The van der Waals surface area contributed by atoms with E-state index < -0.39 is 16.9 Å². The van der Waals surface area contributed by atoms with E-state index in [0.717, 1.165) is 11.3 Å². The number of para-hydroxylation sites is 1. The van der Waals surface area contributed by atoms with Crippen molar-refractivity contribution < 1.29 is 19.2 Å². The second-order valence-electron chi connectivity index (χ2n) is 7.40. The van der Waals surface area contributed by atoms with Crippen LogP contribution in [-0.2, 0) is 9.53 Å². The van der Waals surface area contributed by atoms with Gasteiger partial charge in [-0.3, -0.25) is 19.5 Å². The molecule has 0 spiro atoms. The molecule has 34 heavy (non-hydrogen) atoms. The number of non-ortho nitro benzene ring substituents is 1. The summed E-state index contributed by atoms with van der Waals surface area (Å²) in [6.07, 6.45) is 1.58. The van der Waals surface area contributed by atoms with Crippen LogP contribution < -0.4 is 19.6 Å². The Morgan fingerprint density at radius 3 is 2.74 bits per heavy atom. The fraction of sp³-hybridized carbons (Fsp3) is 0.208. The summed E-state index contributed by atoms with van der Waals surface area (Å²) in [6, 6.07) is 12.4. The van der Waals surface area contributed by atoms with E-state index in [0.29, 0.717) is 31.9 Å². The maximum Gasteiger partial charge on any atom is 0.338 e. The van der Waals surface area contributed by atoms with Gasteiger partial charge in [0.2, 0.25) is 0 Å². The van der Waals surface area contributed by atoms with E-state index in [1.54, 1.807) is 56.3 Å². The summed E-state index contributed by atoms with van der Waals surface area (Å²) < 4.78 is 12.6. The summed E-state index contributed by atoms with van der Waals surface area (Å²) in [7, 11) is 1.52. The Balaban J connectivity index is 1.98. The number of thiazole rings is 1. The predicted molar refractivity (Wildman–Crippen MR) is 126 cm³/mol. The molecule has 1 aliphatic heterocycles. The van der Waals surface area contributed by atoms with Crippen molar-refractivity contribution in [3.63, 3.8) is 0 Å². The SMILES string of the molecule is CCOC(=O)C1=C(C)N=c2s/c(=C\c3cccc([N+](=O)[O-])c3)c(=O)n2[C@@H]1c1ccccc1OC. The molecule has 0 saturated heterocycles. The van der Waals surface area contributed by atoms with Crippen LogP contribution in [0.5, 0.6) is 5.75 Å². The fourth-order valence-corrected chi connectivity index (χ4v) is 4.90. The monoisotopic (exact) mass is 479 g/mol. The van der Waals surface area contributed by atoms with Crippen LogP contribution in [-0.4, -0.2) is 29.2 Å². The Hall–Kier alpha value is -4.05. The van der Waals surface area contributed by atoms with Crippen LogP contribution in [0.15, 0.2) is 69.6 Å². The lowest BCUT2D eigenvalue weighted by molar-refractivity contribution is -0.384. The summed E-state index contributed by atoms with van der Waals surface area (Å²) in [5.74, 6) is -0.0510. The molecule has 1 aliphatic rings. The number of ether oxygens (including phenoxy) is 2. The van der Waals surface area contributed by atoms with Crippen molar-refractivity contribution in [2.24, 2.45) is 4.99 Å². The van der Waals surface area contributed by atoms with E-state index >= 15 is 0 Å². The van der Waals surface area contributed by atoms with Gasteiger partial charge in [0.25, 0.3) is 11.2 Å². The minimum atomic E-state index is -0.807. The van der Waals surface area contributed by atoms with Crippen molar-refractivity contribution in [1.82, 2.24) is 4.57 Å². The minimum absolute atomic E-state index is 0.0751. The molecular formula is C24H21N3O6S. The molecule has 0 bridgehead atoms. The number of nitrogens with zero attached hydrogens (tertiary/aromatic N) is 3. The highest BCUT2D eigenvalue weighted by atomic mass is 32.1. The number of benzene rings is 2. The van der Waals surface area contributed by atoms with Gasteiger partial charge in [0, 0.05) is 17.7 Å². The highest BCUT2D eigenvalue weighted by molar-refractivity contribution is 7.07. The third-order valence-corrected chi connectivity index (χ3v) is 6.31. The Morgan fingerprint density at radius 2 is 2.03 bits per heavy atom. The van der Waals surface area contributed by atoms with Crippen molar-refractivity contribution in [3.05, 3.63) is 101 Å². The van der Waals surface area contributed by atoms with Gasteiger partial charge in [-0.25, -0.2) is 9.79 Å². The summed E-state index contributed by atoms with van der Waals surface area (Å²) in [5, 5.41) is 11.1. The maximum atomic E-state index is 13.6. The van der Waals surface area contributed by atoms with Crippen LogP contribution in [0.4, 0.5) is 5.69 Å². The standard InChI is InChI=1S/C24H21N3O6S/c1-4-33-23(29)20-14(2)25-24-26(21(20)17-10-5-6-11-18(17)32-3)22(28)19(34-24)13-15-8-7-9-16(12-15)27(30)31/h5-13,21H,4H2,1-3H3/b19-13-/t21-/m1/s1. The Labute approximate surface area is 198 Å². The number of methoxy groups -OCH3 is 1. The van der Waals surface area contributed by atoms with E-state index in [9.17, 15) is 19.7 Å². The van der Waals surface area contributed by atoms with Crippen LogP contribution >= 0.6 is 11.3 Å². The normalized spacial score (nSPS) is 15.5. The Morgan fingerprint density at radius 1 is 1.26 bits per heavy atom. The highest BCUT2D eigenvalue weighted by Gasteiger charge is 2.34. The third kappa shape index (κ3) is 4.15. The molecule has 0 radical (unpaired) electrons. The molecule has 2 heterocycles. The first-order chi connectivity index (χ1) is 16.3. The van der Waals surface area contributed by atoms with Crippen LogP contribution in [0.25, 0.3) is 6.08 Å². The molecule has 0 aliphatic carbocycles. The van der Waals surface area contributed by atoms with Gasteiger partial charge < -0.3 is 9.47 Å². The highest BCUT2D eigenvalue weighted by Crippen LogP contribution is 2.35. The van der Waals surface area contributed by atoms with Gasteiger partial charge in [-0.05, 0) is 31.6 Å². The quantitative estimate of drug-likeness (QED) is 0.305. The molecule has 1 atom stereocenters. The van der Waals surface area contributed by atoms with Gasteiger partial charge in [-0.2, -0.15) is 0 Å². The van der Waals surface area contributed by atoms with E-state index in [1.807, 2.05) is 0 Å². The smallest absolute Gasteiger partial charge is 0.338 e. The fourth-order valence-electron chi connectivity index (χ4n) is 3.86. The number of carbonyl (C=O) groups is 1. The average Bonchev–Trinajstić information content (AvgIpc) is 3.12. The first-order valence-corrected chi connectivity index (χ1v) is 11.2. The number of nitro groups is 1. The largest absolute Gasteiger partial charge is 0.496 e. The van der Waals surface area contributed by atoms with Crippen molar-refractivity contribution in [3.8, 4) is 5.75 Å². The van der Waals surface area contributed by atoms with Gasteiger partial charge >= 0.3 is 5.97 Å². The molecule has 1 aromatic heterocycles. The minimum Gasteiger partial charge on any atom is -0.496 e. The van der Waals surface area contributed by atoms with Crippen LogP contribution in [0.1, 0.15) is 31.0 Å². The molecule has 0 N–H and O–H groups in total. The van der Waals surface area contributed by atoms with Gasteiger partial charge in [0.1, 0.15) is 11.8 Å². The number of carbonyl (C=O) groups excluding carboxylic acids is 1. The van der Waals surface area contributed by atoms with Crippen LogP contribution in [0.3, 0.4) is 0 Å². The Bertz CT molecular complexity index is 1500. The number of aromatic nitrogens is 1. The van der Waals surface area contributed by atoms with Gasteiger partial charge in [0.05, 0.1) is 34.4 Å². The lowest BCUT2D eigenvalue weighted by atomic mass is 9.95. The Kier molecular flexibility index (Phi) is 6.42. The van der Waals surface area contributed by atoms with Crippen LogP contribution in [0.2, 0.25) is 0 Å². The molecule has 0 saturated carbocycles. The predicted octanol–water partition coefficient (Wildman–Crippen LogP) is 2.72. The van der Waals surface area contributed by atoms with Gasteiger partial charge in [-0.1, -0.05) is 41.7 Å². The molecular weight excluding hydrogens is 458 g/mol. The lowest BCUT2D eigenvalue weighted by Gasteiger charge is -2.25. The number of hydrogen-bond acceptors (Lipinski definition) is 8. The number of nitro benzene ring substituents is 1. The van der Waals surface area contributed by atoms with Gasteiger partial charge in [-0.15, -0.1) is 0 Å². The first-order valence-electron chi connectivity index (χ1n) is 10.4. The summed E-state index contributed by atoms with van der Waals surface area (Å²) in [6.45, 7) is 3.58. The number of hydrogen-bond donors (Lipinski definition) is 0. The second-order valence-corrected chi connectivity index (χ2v) is 8.41. The van der Waals surface area contributed by atoms with E-state index in [1.165, 1.54) is 23.8 Å². The maximum absolute atomic E-state index is 13.6. The lowest BCUT2D eigenvalue weighted by Crippen LogP contribution is -2.40. The summed E-state index contributed by atoms with van der Waals surface area (Å²) >= 11 is 1.15. The molecule has 4 rings (SSSR count). The first kappa shape index (κ1) is 23.1. The van der Waals surface area contributed by atoms with Crippen molar-refractivity contribution in [1.29, 1.82) is 0 Å². The van der Waals surface area contributed by atoms with Crippen molar-refractivity contribution >= 4 is 29.1 Å². The molecule has 0 unspecified atom stereocenters. The third-order valence-electron chi connectivity index (χ3n) is 5.33. The zero-order chi connectivity index (χ0) is 24.4. The number of allylic oxidation sites excluding steroid dienone is 1. The molecule has 0 amide bonds. The summed E-state index contributed by atoms with van der Waals surface area (Å²) in [4.78, 5) is 42.1. The van der Waals surface area contributed by atoms with E-state index in [4.69, 9.17) is 9.47 Å². The van der Waals surface area contributed by atoms with Gasteiger partial charge in [0.15, 0.2) is 4.80 Å². The molecule has 10 heteroatoms. The number of rotatable bonds is 6. The van der Waals surface area contributed by atoms with Crippen LogP contribution in [0, 0.1) is 10.1 Å². The number of fused-ring (bicyclic) bond motifs is 1. The molecule has 2 aromatic carbocycles. The summed E-state index contributed by atoms with van der Waals surface area (Å²) in [5.41, 5.74) is 1.37. The molecule has 174 valence electrons. The average molecular weight is 480 g/mol. The second kappa shape index (κ2) is 9.44. The number of esters is 1. The van der Waals surface area contributed by atoms with E-state index in [2.05, 4.69) is 4.99 Å². The zero-order valence-corrected chi connectivity index (χ0v) is 19.5. The van der Waals surface area contributed by atoms with E-state index in [-0.39, 0.29) is 23.4 Å². The van der Waals surface area contributed by atoms with Crippen molar-refractivity contribution in [2.75, 3.05) is 13.7 Å².